The lowest BCUT2D eigenvalue weighted by Crippen LogP contribution is -2.68. The van der Waals surface area contributed by atoms with Crippen LogP contribution in [0.25, 0.3) is 11.0 Å². The van der Waals surface area contributed by atoms with Gasteiger partial charge in [0.2, 0.25) is 10.0 Å². The number of nitrogens with one attached hydrogen (secondary N) is 3. The lowest BCUT2D eigenvalue weighted by molar-refractivity contribution is -0.140. The van der Waals surface area contributed by atoms with Gasteiger partial charge in [0.1, 0.15) is 11.5 Å². The molecule has 4 aromatic rings. The number of hydrogen-bond donors (Lipinski definition) is 4. The average Bonchev–Trinajstić information content (AvgIpc) is 3.39. The van der Waals surface area contributed by atoms with Crippen molar-refractivity contribution in [3.63, 3.8) is 0 Å². The Bertz CT molecular complexity index is 1690. The number of para-hydroxylation sites is 2. The first-order valence-electron chi connectivity index (χ1n) is 14.5. The number of piperazine rings is 1. The van der Waals surface area contributed by atoms with Crippen LogP contribution in [0.2, 0.25) is 0 Å². The number of carboxylic acids is 1. The maximum Gasteiger partial charge on any atom is 0.307 e. The molecule has 1 atom stereocenters. The summed E-state index contributed by atoms with van der Waals surface area (Å²) in [4.78, 5) is 38.1. The van der Waals surface area contributed by atoms with E-state index in [-0.39, 0.29) is 10.5 Å². The number of H-pyrrole nitrogens is 1. The van der Waals surface area contributed by atoms with E-state index < -0.39 is 39.4 Å². The van der Waals surface area contributed by atoms with Crippen LogP contribution in [0.1, 0.15) is 43.4 Å². The van der Waals surface area contributed by atoms with Gasteiger partial charge in [0.25, 0.3) is 5.91 Å². The highest BCUT2D eigenvalue weighted by Crippen LogP contribution is 2.33. The van der Waals surface area contributed by atoms with Crippen molar-refractivity contribution >= 4 is 38.6 Å². The van der Waals surface area contributed by atoms with Crippen molar-refractivity contribution in [1.82, 2.24) is 24.9 Å². The minimum atomic E-state index is -4.17. The largest absolute Gasteiger partial charge is 0.481 e. The number of imidazole rings is 1. The number of aliphatic carboxylic acids is 1. The minimum absolute atomic E-state index is 0.0321. The molecule has 1 aromatic heterocycles. The van der Waals surface area contributed by atoms with Gasteiger partial charge in [-0.2, -0.15) is 4.72 Å². The van der Waals surface area contributed by atoms with Crippen LogP contribution < -0.4 is 14.9 Å². The third kappa shape index (κ3) is 6.93. The summed E-state index contributed by atoms with van der Waals surface area (Å²) < 4.78 is 29.1. The van der Waals surface area contributed by atoms with Crippen LogP contribution in [0.15, 0.2) is 83.8 Å². The van der Waals surface area contributed by atoms with Crippen LogP contribution in [0.3, 0.4) is 0 Å². The highest BCUT2D eigenvalue weighted by atomic mass is 32.2. The number of carbonyl (C=O) groups excluding carboxylic acids is 1. The number of carboxylic acid groups (broad SMARTS) is 1. The Balaban J connectivity index is 1.26. The highest BCUT2D eigenvalue weighted by Gasteiger charge is 2.48. The smallest absolute Gasteiger partial charge is 0.307 e. The molecule has 232 valence electrons. The van der Waals surface area contributed by atoms with Crippen molar-refractivity contribution < 1.29 is 23.1 Å². The number of aromatic amines is 1. The molecule has 1 saturated heterocycles. The zero-order chi connectivity index (χ0) is 31.5. The predicted octanol–water partition coefficient (Wildman–Crippen LogP) is 3.81. The van der Waals surface area contributed by atoms with Gasteiger partial charge < -0.3 is 20.3 Å². The highest BCUT2D eigenvalue weighted by molar-refractivity contribution is 7.89. The van der Waals surface area contributed by atoms with E-state index in [0.717, 1.165) is 55.3 Å². The van der Waals surface area contributed by atoms with Crippen molar-refractivity contribution in [2.45, 2.75) is 44.3 Å². The Morgan fingerprint density at radius 1 is 0.909 bits per heavy atom. The van der Waals surface area contributed by atoms with E-state index in [1.165, 1.54) is 12.1 Å². The Labute approximate surface area is 257 Å². The van der Waals surface area contributed by atoms with Crippen molar-refractivity contribution in [3.05, 3.63) is 90.3 Å². The summed E-state index contributed by atoms with van der Waals surface area (Å²) in [6, 6.07) is 22.7. The SMILES string of the molecule is CC(C)(C)C(CC(=O)O)(NC(=O)c1ccc(N2CCN(Cc3nc4ccccc4[nH]3)CC2)cc1)NS(=O)(=O)c1ccccc1. The zero-order valence-electron chi connectivity index (χ0n) is 25.1. The molecule has 0 radical (unpaired) electrons. The molecule has 1 aliphatic rings. The van der Waals surface area contributed by atoms with Gasteiger partial charge in [0.05, 0.1) is 28.9 Å². The van der Waals surface area contributed by atoms with Gasteiger partial charge in [0.15, 0.2) is 0 Å². The topological polar surface area (TPSA) is 148 Å². The number of aromatic nitrogens is 2. The van der Waals surface area contributed by atoms with E-state index >= 15 is 0 Å². The molecule has 5 rings (SSSR count). The Hall–Kier alpha value is -4.26. The molecule has 44 heavy (non-hydrogen) atoms. The molecule has 0 bridgehead atoms. The van der Waals surface area contributed by atoms with Crippen LogP contribution >= 0.6 is 0 Å². The van der Waals surface area contributed by atoms with Gasteiger partial charge in [0, 0.05) is 42.8 Å². The summed E-state index contributed by atoms with van der Waals surface area (Å²) in [5.74, 6) is -0.903. The summed E-state index contributed by atoms with van der Waals surface area (Å²) >= 11 is 0. The third-order valence-electron chi connectivity index (χ3n) is 8.06. The molecular weight excluding hydrogens is 580 g/mol. The number of carbonyl (C=O) groups is 2. The van der Waals surface area contributed by atoms with Crippen LogP contribution in [-0.4, -0.2) is 72.1 Å². The Morgan fingerprint density at radius 3 is 2.16 bits per heavy atom. The molecule has 11 nitrogen and oxygen atoms in total. The summed E-state index contributed by atoms with van der Waals surface area (Å²) in [6.07, 6.45) is -0.662. The third-order valence-corrected chi connectivity index (χ3v) is 9.57. The second kappa shape index (κ2) is 12.4. The summed E-state index contributed by atoms with van der Waals surface area (Å²) in [7, 11) is -4.17. The molecule has 3 aromatic carbocycles. The van der Waals surface area contributed by atoms with E-state index in [9.17, 15) is 23.1 Å². The fourth-order valence-corrected chi connectivity index (χ4v) is 6.89. The quantitative estimate of drug-likeness (QED) is 0.196. The number of rotatable bonds is 10. The van der Waals surface area contributed by atoms with E-state index in [1.807, 2.05) is 36.4 Å². The number of hydrogen-bond acceptors (Lipinski definition) is 7. The first-order chi connectivity index (χ1) is 20.8. The monoisotopic (exact) mass is 618 g/mol. The first-order valence-corrected chi connectivity index (χ1v) is 16.0. The molecule has 0 aliphatic carbocycles. The second-order valence-corrected chi connectivity index (χ2v) is 13.8. The van der Waals surface area contributed by atoms with Crippen LogP contribution in [0, 0.1) is 5.41 Å². The molecule has 4 N–H and O–H groups in total. The lowest BCUT2D eigenvalue weighted by Gasteiger charge is -2.44. The minimum Gasteiger partial charge on any atom is -0.481 e. The standard InChI is InChI=1S/C32H38N6O5S/c1-31(2,3)32(21-29(39)40,36-44(42,43)25-9-5-4-6-10-25)35-30(41)23-13-15-24(16-14-23)38-19-17-37(18-20-38)22-28-33-26-11-7-8-12-27(26)34-28/h4-16,36H,17-22H2,1-3H3,(H,33,34)(H,35,41)(H,39,40). The molecule has 1 fully saturated rings. The number of fused-ring (bicyclic) bond motifs is 1. The van der Waals surface area contributed by atoms with Gasteiger partial charge in [-0.25, -0.2) is 13.4 Å². The maximum absolute atomic E-state index is 13.5. The van der Waals surface area contributed by atoms with E-state index in [0.29, 0.717) is 0 Å². The fourth-order valence-electron chi connectivity index (χ4n) is 5.37. The van der Waals surface area contributed by atoms with E-state index in [2.05, 4.69) is 29.8 Å². The molecule has 0 saturated carbocycles. The normalized spacial score (nSPS) is 16.0. The summed E-state index contributed by atoms with van der Waals surface area (Å²) in [5.41, 5.74) is 0.408. The molecule has 1 unspecified atom stereocenters. The van der Waals surface area contributed by atoms with Gasteiger partial charge in [-0.05, 0) is 48.5 Å². The molecular formula is C32H38N6O5S. The molecule has 1 aliphatic heterocycles. The molecule has 2 heterocycles. The van der Waals surface area contributed by atoms with Gasteiger partial charge in [-0.1, -0.05) is 51.1 Å². The van der Waals surface area contributed by atoms with E-state index in [4.69, 9.17) is 0 Å². The predicted molar refractivity (Wildman–Crippen MR) is 169 cm³/mol. The Morgan fingerprint density at radius 2 is 1.55 bits per heavy atom. The van der Waals surface area contributed by atoms with Gasteiger partial charge in [-0.3, -0.25) is 14.5 Å². The average molecular weight is 619 g/mol. The molecule has 1 amide bonds. The van der Waals surface area contributed by atoms with Gasteiger partial charge in [-0.15, -0.1) is 0 Å². The van der Waals surface area contributed by atoms with Crippen molar-refractivity contribution in [2.24, 2.45) is 5.41 Å². The zero-order valence-corrected chi connectivity index (χ0v) is 25.9. The maximum atomic E-state index is 13.5. The molecule has 0 spiro atoms. The second-order valence-electron chi connectivity index (χ2n) is 12.1. The van der Waals surface area contributed by atoms with E-state index in [1.54, 1.807) is 51.1 Å². The number of benzene rings is 3. The fraction of sp³-hybridized carbons (Fsp3) is 0.344. The first kappa shape index (κ1) is 31.2. The van der Waals surface area contributed by atoms with Crippen LogP contribution in [-0.2, 0) is 21.4 Å². The van der Waals surface area contributed by atoms with Crippen molar-refractivity contribution in [3.8, 4) is 0 Å². The lowest BCUT2D eigenvalue weighted by atomic mass is 9.78. The van der Waals surface area contributed by atoms with Crippen LogP contribution in [0.4, 0.5) is 5.69 Å². The number of anilines is 1. The van der Waals surface area contributed by atoms with Crippen molar-refractivity contribution in [2.75, 3.05) is 31.1 Å². The Kier molecular flexibility index (Phi) is 8.78. The van der Waals surface area contributed by atoms with Crippen molar-refractivity contribution in [1.29, 1.82) is 0 Å². The summed E-state index contributed by atoms with van der Waals surface area (Å²) in [5, 5.41) is 12.5. The summed E-state index contributed by atoms with van der Waals surface area (Å²) in [6.45, 7) is 9.09. The van der Waals surface area contributed by atoms with Gasteiger partial charge >= 0.3 is 5.97 Å². The number of amides is 1. The number of sulfonamides is 1. The molecule has 12 heteroatoms. The number of nitrogens with zero attached hydrogens (tertiary/aromatic N) is 3. The van der Waals surface area contributed by atoms with Crippen LogP contribution in [0.5, 0.6) is 0 Å².